The summed E-state index contributed by atoms with van der Waals surface area (Å²) in [4.78, 5) is 10.5. The molecule has 0 atom stereocenters. The van der Waals surface area contributed by atoms with Crippen molar-refractivity contribution in [3.8, 4) is 5.75 Å². The second kappa shape index (κ2) is 5.14. The van der Waals surface area contributed by atoms with Crippen LogP contribution in [0.5, 0.6) is 5.75 Å². The van der Waals surface area contributed by atoms with Gasteiger partial charge < -0.3 is 9.84 Å². The van der Waals surface area contributed by atoms with Crippen molar-refractivity contribution < 1.29 is 27.8 Å². The van der Waals surface area contributed by atoms with Crippen molar-refractivity contribution in [1.82, 2.24) is 0 Å². The number of ether oxygens (including phenoxy) is 1. The summed E-state index contributed by atoms with van der Waals surface area (Å²) in [5.41, 5.74) is 0.0595. The maximum absolute atomic E-state index is 11.9. The molecule has 0 aliphatic carbocycles. The number of carbonyl (C=O) groups is 1. The molecule has 17 heavy (non-hydrogen) atoms. The number of esters is 1. The lowest BCUT2D eigenvalue weighted by Gasteiger charge is -2.10. The molecule has 8 heteroatoms. The van der Waals surface area contributed by atoms with E-state index in [0.717, 1.165) is 0 Å². The average Bonchev–Trinajstić information content (AvgIpc) is 2.22. The van der Waals surface area contributed by atoms with E-state index in [1.54, 1.807) is 0 Å². The van der Waals surface area contributed by atoms with Crippen molar-refractivity contribution in [2.24, 2.45) is 0 Å². The van der Waals surface area contributed by atoms with Crippen molar-refractivity contribution in [3.63, 3.8) is 0 Å². The molecule has 0 aliphatic rings. The van der Waals surface area contributed by atoms with Gasteiger partial charge in [-0.05, 0) is 12.1 Å². The van der Waals surface area contributed by atoms with Crippen molar-refractivity contribution in [2.45, 2.75) is 12.8 Å². The Labute approximate surface area is 107 Å². The third-order valence-electron chi connectivity index (χ3n) is 1.74. The summed E-state index contributed by atoms with van der Waals surface area (Å²) in [6, 6.07) is 2.62. The minimum absolute atomic E-state index is 0.0595. The van der Waals surface area contributed by atoms with Gasteiger partial charge in [0.15, 0.2) is 0 Å². The van der Waals surface area contributed by atoms with E-state index in [1.807, 2.05) is 0 Å². The van der Waals surface area contributed by atoms with Crippen LogP contribution in [0.3, 0.4) is 0 Å². The van der Waals surface area contributed by atoms with E-state index in [4.69, 9.17) is 11.6 Å². The molecule has 0 heterocycles. The number of phenolic OH excluding ortho intramolecular Hbond substituents is 1. The Morgan fingerprint density at radius 2 is 2.06 bits per heavy atom. The highest BCUT2D eigenvalue weighted by Gasteiger charge is 2.41. The average molecular weight is 333 g/mol. The number of rotatable bonds is 2. The first-order valence-corrected chi connectivity index (χ1v) is 5.30. The molecule has 0 saturated carbocycles. The molecule has 0 aromatic heterocycles. The van der Waals surface area contributed by atoms with Gasteiger partial charge in [-0.2, -0.15) is 13.2 Å². The van der Waals surface area contributed by atoms with Gasteiger partial charge in [0.25, 0.3) is 0 Å². The summed E-state index contributed by atoms with van der Waals surface area (Å²) in [6.45, 7) is -0.688. The van der Waals surface area contributed by atoms with Gasteiger partial charge in [-0.3, -0.25) is 0 Å². The van der Waals surface area contributed by atoms with Crippen LogP contribution in [0.4, 0.5) is 13.2 Å². The lowest BCUT2D eigenvalue weighted by molar-refractivity contribution is -0.201. The van der Waals surface area contributed by atoms with Gasteiger partial charge in [-0.1, -0.05) is 27.5 Å². The minimum Gasteiger partial charge on any atom is -0.506 e. The van der Waals surface area contributed by atoms with Gasteiger partial charge in [0.2, 0.25) is 0 Å². The predicted octanol–water partition coefficient (Wildman–Crippen LogP) is 3.41. The van der Waals surface area contributed by atoms with E-state index < -0.39 is 18.8 Å². The molecular weight excluding hydrogens is 328 g/mol. The van der Waals surface area contributed by atoms with E-state index in [1.165, 1.54) is 12.1 Å². The highest BCUT2D eigenvalue weighted by atomic mass is 79.9. The Balaban J connectivity index is 2.84. The topological polar surface area (TPSA) is 46.5 Å². The van der Waals surface area contributed by atoms with Crippen molar-refractivity contribution in [1.29, 1.82) is 0 Å². The number of hydrogen-bond donors (Lipinski definition) is 1. The van der Waals surface area contributed by atoms with E-state index in [-0.39, 0.29) is 16.3 Å². The molecule has 0 spiro atoms. The lowest BCUT2D eigenvalue weighted by Crippen LogP contribution is -2.25. The third kappa shape index (κ3) is 3.50. The fourth-order valence-electron chi connectivity index (χ4n) is 0.937. The van der Waals surface area contributed by atoms with E-state index in [2.05, 4.69) is 20.7 Å². The number of benzene rings is 1. The Bertz CT molecular complexity index is 448. The van der Waals surface area contributed by atoms with Crippen molar-refractivity contribution >= 4 is 33.5 Å². The summed E-state index contributed by atoms with van der Waals surface area (Å²) in [7, 11) is 0. The van der Waals surface area contributed by atoms with Crippen LogP contribution in [0.15, 0.2) is 16.6 Å². The number of alkyl halides is 3. The molecule has 3 nitrogen and oxygen atoms in total. The molecule has 1 aromatic carbocycles. The highest BCUT2D eigenvalue weighted by Crippen LogP contribution is 2.33. The number of aromatic hydroxyl groups is 1. The fraction of sp³-hybridized carbons (Fsp3) is 0.222. The van der Waals surface area contributed by atoms with Crippen LogP contribution < -0.4 is 0 Å². The monoisotopic (exact) mass is 332 g/mol. The van der Waals surface area contributed by atoms with Crippen LogP contribution in [-0.2, 0) is 16.1 Å². The molecule has 0 amide bonds. The third-order valence-corrected chi connectivity index (χ3v) is 2.91. The number of phenols is 1. The molecule has 0 unspecified atom stereocenters. The summed E-state index contributed by atoms with van der Waals surface area (Å²) >= 11 is 8.66. The van der Waals surface area contributed by atoms with Crippen molar-refractivity contribution in [2.75, 3.05) is 0 Å². The second-order valence-corrected chi connectivity index (χ2v) is 4.17. The number of carbonyl (C=O) groups excluding carboxylic acids is 1. The summed E-state index contributed by atoms with van der Waals surface area (Å²) < 4.78 is 39.9. The zero-order chi connectivity index (χ0) is 13.2. The Morgan fingerprint density at radius 3 is 2.59 bits per heavy atom. The van der Waals surface area contributed by atoms with Crippen molar-refractivity contribution in [3.05, 3.63) is 27.2 Å². The Kier molecular flexibility index (Phi) is 4.26. The quantitative estimate of drug-likeness (QED) is 0.844. The molecule has 1 aromatic rings. The molecule has 94 valence electrons. The van der Waals surface area contributed by atoms with E-state index >= 15 is 0 Å². The molecule has 0 radical (unpaired) electrons. The first-order chi connectivity index (χ1) is 7.73. The first-order valence-electron chi connectivity index (χ1n) is 4.13. The normalized spacial score (nSPS) is 11.4. The summed E-state index contributed by atoms with van der Waals surface area (Å²) in [6.07, 6.45) is -5.06. The maximum atomic E-state index is 11.9. The minimum atomic E-state index is -5.06. The predicted molar refractivity (Wildman–Crippen MR) is 56.7 cm³/mol. The molecule has 0 aliphatic heterocycles. The van der Waals surface area contributed by atoms with Gasteiger partial charge in [0.05, 0.1) is 5.02 Å². The van der Waals surface area contributed by atoms with Crippen LogP contribution >= 0.6 is 27.5 Å². The Morgan fingerprint density at radius 1 is 1.47 bits per heavy atom. The maximum Gasteiger partial charge on any atom is 0.490 e. The fourth-order valence-corrected chi connectivity index (χ4v) is 1.72. The van der Waals surface area contributed by atoms with Crippen LogP contribution in [0, 0.1) is 0 Å². The standard InChI is InChI=1S/C9H5BrClF3O3/c10-5-1-2-6(15)7(11)4(5)3-17-8(16)9(12,13)14/h1-2,15H,3H2. The zero-order valence-electron chi connectivity index (χ0n) is 8.02. The smallest absolute Gasteiger partial charge is 0.490 e. The molecular formula is C9H5BrClF3O3. The molecule has 0 fully saturated rings. The van der Waals surface area contributed by atoms with Crippen LogP contribution in [0.2, 0.25) is 5.02 Å². The zero-order valence-corrected chi connectivity index (χ0v) is 10.4. The van der Waals surface area contributed by atoms with E-state index in [0.29, 0.717) is 4.47 Å². The second-order valence-electron chi connectivity index (χ2n) is 2.93. The lowest BCUT2D eigenvalue weighted by atomic mass is 10.2. The van der Waals surface area contributed by atoms with E-state index in [9.17, 15) is 23.1 Å². The van der Waals surface area contributed by atoms with Gasteiger partial charge in [0.1, 0.15) is 12.4 Å². The molecule has 1 rings (SSSR count). The van der Waals surface area contributed by atoms with Crippen LogP contribution in [0.25, 0.3) is 0 Å². The van der Waals surface area contributed by atoms with Gasteiger partial charge >= 0.3 is 12.1 Å². The number of hydrogen-bond acceptors (Lipinski definition) is 3. The van der Waals surface area contributed by atoms with Gasteiger partial charge in [-0.15, -0.1) is 0 Å². The van der Waals surface area contributed by atoms with Gasteiger partial charge in [0, 0.05) is 10.0 Å². The Hall–Kier alpha value is -0.950. The molecule has 0 saturated heterocycles. The SMILES string of the molecule is O=C(OCc1c(Br)ccc(O)c1Cl)C(F)(F)F. The molecule has 1 N–H and O–H groups in total. The number of halogens is 5. The summed E-state index contributed by atoms with van der Waals surface area (Å²) in [5.74, 6) is -2.63. The van der Waals surface area contributed by atoms with Crippen LogP contribution in [-0.4, -0.2) is 17.3 Å². The summed E-state index contributed by atoms with van der Waals surface area (Å²) in [5, 5.41) is 9.06. The first kappa shape index (κ1) is 14.1. The largest absolute Gasteiger partial charge is 0.506 e. The molecule has 0 bridgehead atoms. The van der Waals surface area contributed by atoms with Crippen LogP contribution in [0.1, 0.15) is 5.56 Å². The van der Waals surface area contributed by atoms with Gasteiger partial charge in [-0.25, -0.2) is 4.79 Å². The highest BCUT2D eigenvalue weighted by molar-refractivity contribution is 9.10.